The second-order valence-corrected chi connectivity index (χ2v) is 6.05. The molecule has 0 saturated heterocycles. The Kier molecular flexibility index (Phi) is 3.62. The molecule has 0 bridgehead atoms. The molecule has 1 aromatic heterocycles. The molecule has 21 heavy (non-hydrogen) atoms. The summed E-state index contributed by atoms with van der Waals surface area (Å²) in [6.07, 6.45) is 8.76. The fourth-order valence-electron chi connectivity index (χ4n) is 3.19. The zero-order valence-electron chi connectivity index (χ0n) is 12.7. The summed E-state index contributed by atoms with van der Waals surface area (Å²) in [5, 5.41) is 0. The first-order chi connectivity index (χ1) is 10.1. The van der Waals surface area contributed by atoms with Gasteiger partial charge in [0.1, 0.15) is 17.9 Å². The predicted octanol–water partition coefficient (Wildman–Crippen LogP) is 3.80. The second-order valence-electron chi connectivity index (χ2n) is 6.05. The van der Waals surface area contributed by atoms with Crippen molar-refractivity contribution in [2.45, 2.75) is 45.6 Å². The van der Waals surface area contributed by atoms with E-state index in [1.165, 1.54) is 25.7 Å². The minimum absolute atomic E-state index is 0.375. The summed E-state index contributed by atoms with van der Waals surface area (Å²) in [6, 6.07) is 8.09. The fraction of sp³-hybridized carbons (Fsp3) is 0.471. The van der Waals surface area contributed by atoms with Crippen molar-refractivity contribution in [3.05, 3.63) is 36.8 Å². The zero-order chi connectivity index (χ0) is 14.9. The molecule has 1 aliphatic carbocycles. The van der Waals surface area contributed by atoms with E-state index < -0.39 is 0 Å². The Morgan fingerprint density at radius 3 is 2.43 bits per heavy atom. The van der Waals surface area contributed by atoms with Gasteiger partial charge in [-0.1, -0.05) is 26.7 Å². The molecule has 0 radical (unpaired) electrons. The Balaban J connectivity index is 1.61. The molecule has 1 fully saturated rings. The van der Waals surface area contributed by atoms with Crippen LogP contribution >= 0.6 is 0 Å². The van der Waals surface area contributed by atoms with Gasteiger partial charge in [-0.2, -0.15) is 0 Å². The standard InChI is InChI=1S/C17H23N3O/c1-3-17(4-2)9-15(10-17)21-14-7-5-13(6-8-14)20-11-16(18)19-12-20/h5-8,11-12,15H,3-4,9-10,18H2,1-2H3. The highest BCUT2D eigenvalue weighted by Gasteiger charge is 2.42. The van der Waals surface area contributed by atoms with E-state index in [0.29, 0.717) is 17.3 Å². The summed E-state index contributed by atoms with van der Waals surface area (Å²) in [7, 11) is 0. The third-order valence-electron chi connectivity index (χ3n) is 4.86. The molecule has 1 heterocycles. The maximum Gasteiger partial charge on any atom is 0.141 e. The first-order valence-electron chi connectivity index (χ1n) is 7.71. The lowest BCUT2D eigenvalue weighted by Crippen LogP contribution is -2.43. The van der Waals surface area contributed by atoms with Gasteiger partial charge in [-0.15, -0.1) is 0 Å². The molecule has 1 aliphatic rings. The average molecular weight is 285 g/mol. The maximum absolute atomic E-state index is 6.06. The first kappa shape index (κ1) is 14.0. The second kappa shape index (κ2) is 5.43. The monoisotopic (exact) mass is 285 g/mol. The summed E-state index contributed by atoms with van der Waals surface area (Å²) in [5.74, 6) is 1.47. The lowest BCUT2D eigenvalue weighted by molar-refractivity contribution is -0.0205. The molecule has 0 aliphatic heterocycles. The molecule has 2 aromatic rings. The van der Waals surface area contributed by atoms with Crippen molar-refractivity contribution in [2.24, 2.45) is 5.41 Å². The molecule has 0 spiro atoms. The van der Waals surface area contributed by atoms with E-state index in [2.05, 4.69) is 18.8 Å². The van der Waals surface area contributed by atoms with E-state index in [1.807, 2.05) is 28.8 Å². The van der Waals surface area contributed by atoms with Gasteiger partial charge in [-0.25, -0.2) is 4.98 Å². The number of hydrogen-bond donors (Lipinski definition) is 1. The third kappa shape index (κ3) is 2.75. The van der Waals surface area contributed by atoms with Gasteiger partial charge in [0.15, 0.2) is 0 Å². The van der Waals surface area contributed by atoms with Crippen LogP contribution in [0.3, 0.4) is 0 Å². The maximum atomic E-state index is 6.06. The molecular weight excluding hydrogens is 262 g/mol. The number of rotatable bonds is 5. The summed E-state index contributed by atoms with van der Waals surface area (Å²) in [4.78, 5) is 4.03. The number of hydrogen-bond acceptors (Lipinski definition) is 3. The molecule has 2 N–H and O–H groups in total. The van der Waals surface area contributed by atoms with Crippen LogP contribution in [0, 0.1) is 5.41 Å². The SMILES string of the molecule is CCC1(CC)CC(Oc2ccc(-n3cnc(N)c3)cc2)C1. The van der Waals surface area contributed by atoms with E-state index in [0.717, 1.165) is 11.4 Å². The Morgan fingerprint density at radius 1 is 1.24 bits per heavy atom. The highest BCUT2D eigenvalue weighted by Crippen LogP contribution is 2.48. The molecule has 112 valence electrons. The van der Waals surface area contributed by atoms with Gasteiger partial charge in [0.05, 0.1) is 12.3 Å². The topological polar surface area (TPSA) is 53.1 Å². The molecule has 1 aromatic carbocycles. The predicted molar refractivity (Wildman–Crippen MR) is 84.6 cm³/mol. The Bertz CT molecular complexity index is 591. The Labute approximate surface area is 125 Å². The van der Waals surface area contributed by atoms with Crippen molar-refractivity contribution >= 4 is 5.82 Å². The number of ether oxygens (including phenoxy) is 1. The van der Waals surface area contributed by atoms with Crippen LogP contribution in [0.2, 0.25) is 0 Å². The number of nitrogens with zero attached hydrogens (tertiary/aromatic N) is 2. The molecule has 0 atom stereocenters. The van der Waals surface area contributed by atoms with Crippen LogP contribution in [0.5, 0.6) is 5.75 Å². The quantitative estimate of drug-likeness (QED) is 0.909. The van der Waals surface area contributed by atoms with Crippen molar-refractivity contribution in [3.63, 3.8) is 0 Å². The normalized spacial score (nSPS) is 17.4. The number of aromatic nitrogens is 2. The molecule has 4 heteroatoms. The van der Waals surface area contributed by atoms with Crippen molar-refractivity contribution in [2.75, 3.05) is 5.73 Å². The van der Waals surface area contributed by atoms with Crippen molar-refractivity contribution in [1.82, 2.24) is 9.55 Å². The lowest BCUT2D eigenvalue weighted by Gasteiger charge is -2.46. The van der Waals surface area contributed by atoms with E-state index >= 15 is 0 Å². The van der Waals surface area contributed by atoms with Gasteiger partial charge in [0.2, 0.25) is 0 Å². The highest BCUT2D eigenvalue weighted by atomic mass is 16.5. The smallest absolute Gasteiger partial charge is 0.141 e. The Morgan fingerprint density at radius 2 is 1.90 bits per heavy atom. The molecule has 0 unspecified atom stereocenters. The van der Waals surface area contributed by atoms with E-state index in [1.54, 1.807) is 12.5 Å². The number of nitrogens with two attached hydrogens (primary N) is 1. The molecule has 3 rings (SSSR count). The average Bonchev–Trinajstić information content (AvgIpc) is 2.90. The summed E-state index contributed by atoms with van der Waals surface area (Å²) < 4.78 is 7.96. The van der Waals surface area contributed by atoms with Crippen LogP contribution < -0.4 is 10.5 Å². The van der Waals surface area contributed by atoms with Gasteiger partial charge in [-0.05, 0) is 42.5 Å². The fourth-order valence-corrected chi connectivity index (χ4v) is 3.19. The molecular formula is C17H23N3O. The molecule has 1 saturated carbocycles. The number of anilines is 1. The Hall–Kier alpha value is -1.97. The van der Waals surface area contributed by atoms with Crippen molar-refractivity contribution in [1.29, 1.82) is 0 Å². The minimum atomic E-state index is 0.375. The van der Waals surface area contributed by atoms with E-state index in [-0.39, 0.29) is 0 Å². The number of nitrogen functional groups attached to an aromatic ring is 1. The van der Waals surface area contributed by atoms with Crippen LogP contribution in [0.15, 0.2) is 36.8 Å². The third-order valence-corrected chi connectivity index (χ3v) is 4.86. The number of benzene rings is 1. The largest absolute Gasteiger partial charge is 0.490 e. The number of imidazole rings is 1. The first-order valence-corrected chi connectivity index (χ1v) is 7.71. The summed E-state index contributed by atoms with van der Waals surface area (Å²) in [6.45, 7) is 4.57. The van der Waals surface area contributed by atoms with Crippen LogP contribution in [-0.2, 0) is 0 Å². The van der Waals surface area contributed by atoms with E-state index in [9.17, 15) is 0 Å². The zero-order valence-corrected chi connectivity index (χ0v) is 12.7. The van der Waals surface area contributed by atoms with Gasteiger partial charge in [0, 0.05) is 5.69 Å². The summed E-state index contributed by atoms with van der Waals surface area (Å²) >= 11 is 0. The van der Waals surface area contributed by atoms with Crippen molar-refractivity contribution in [3.8, 4) is 11.4 Å². The van der Waals surface area contributed by atoms with Crippen LogP contribution in [-0.4, -0.2) is 15.7 Å². The van der Waals surface area contributed by atoms with Gasteiger partial charge in [0.25, 0.3) is 0 Å². The van der Waals surface area contributed by atoms with Gasteiger partial charge in [-0.3, -0.25) is 0 Å². The molecule has 4 nitrogen and oxygen atoms in total. The van der Waals surface area contributed by atoms with Gasteiger partial charge < -0.3 is 15.0 Å². The van der Waals surface area contributed by atoms with E-state index in [4.69, 9.17) is 10.5 Å². The van der Waals surface area contributed by atoms with Crippen LogP contribution in [0.1, 0.15) is 39.5 Å². The van der Waals surface area contributed by atoms with Gasteiger partial charge >= 0.3 is 0 Å². The minimum Gasteiger partial charge on any atom is -0.490 e. The lowest BCUT2D eigenvalue weighted by atomic mass is 9.63. The summed E-state index contributed by atoms with van der Waals surface area (Å²) in [5.41, 5.74) is 7.20. The van der Waals surface area contributed by atoms with Crippen LogP contribution in [0.25, 0.3) is 5.69 Å². The van der Waals surface area contributed by atoms with Crippen molar-refractivity contribution < 1.29 is 4.74 Å². The molecule has 0 amide bonds. The van der Waals surface area contributed by atoms with Crippen LogP contribution in [0.4, 0.5) is 5.82 Å². The highest BCUT2D eigenvalue weighted by molar-refractivity contribution is 5.40.